The Morgan fingerprint density at radius 2 is 2.31 bits per heavy atom. The molecule has 0 saturated carbocycles. The molecule has 0 aliphatic carbocycles. The minimum atomic E-state index is -0.451. The first kappa shape index (κ1) is 9.74. The van der Waals surface area contributed by atoms with E-state index in [9.17, 15) is 0 Å². The molecule has 0 bridgehead atoms. The Morgan fingerprint density at radius 3 is 2.92 bits per heavy atom. The largest absolute Gasteiger partial charge is 0.481 e. The Balaban J connectivity index is 2.77. The number of hydrogen-bond acceptors (Lipinski definition) is 3. The van der Waals surface area contributed by atoms with Gasteiger partial charge in [0, 0.05) is 6.07 Å². The van der Waals surface area contributed by atoms with Gasteiger partial charge in [0.2, 0.25) is 5.88 Å². The van der Waals surface area contributed by atoms with Gasteiger partial charge in [-0.3, -0.25) is 0 Å². The van der Waals surface area contributed by atoms with Crippen LogP contribution < -0.4 is 4.74 Å². The fraction of sp³-hybridized carbons (Fsp3) is 0.300. The summed E-state index contributed by atoms with van der Waals surface area (Å²) >= 11 is 0. The van der Waals surface area contributed by atoms with E-state index in [1.165, 1.54) is 0 Å². The zero-order valence-electron chi connectivity index (χ0n) is 7.77. The standard InChI is InChI=1S/C10H13NO2/c1-8(12)6-7-9-4-3-5-10(11-9)13-2/h3-8,12H,1-2H3/b7-6+. The molecular formula is C10H13NO2. The third-order valence-electron chi connectivity index (χ3n) is 1.50. The monoisotopic (exact) mass is 179 g/mol. The molecule has 3 heteroatoms. The summed E-state index contributed by atoms with van der Waals surface area (Å²) in [6, 6.07) is 5.48. The number of pyridine rings is 1. The van der Waals surface area contributed by atoms with Crippen molar-refractivity contribution in [3.05, 3.63) is 30.0 Å². The van der Waals surface area contributed by atoms with Gasteiger partial charge in [-0.15, -0.1) is 0 Å². The van der Waals surface area contributed by atoms with E-state index >= 15 is 0 Å². The molecule has 0 aromatic carbocycles. The predicted octanol–water partition coefficient (Wildman–Crippen LogP) is 1.48. The molecule has 3 nitrogen and oxygen atoms in total. The van der Waals surface area contributed by atoms with E-state index in [2.05, 4.69) is 4.98 Å². The van der Waals surface area contributed by atoms with Crippen LogP contribution in [0.3, 0.4) is 0 Å². The smallest absolute Gasteiger partial charge is 0.213 e. The molecule has 1 N–H and O–H groups in total. The zero-order valence-corrected chi connectivity index (χ0v) is 7.77. The minimum Gasteiger partial charge on any atom is -0.481 e. The van der Waals surface area contributed by atoms with E-state index in [0.717, 1.165) is 5.69 Å². The van der Waals surface area contributed by atoms with Crippen molar-refractivity contribution in [1.29, 1.82) is 0 Å². The molecule has 0 amide bonds. The second-order valence-corrected chi connectivity index (χ2v) is 2.70. The Bertz CT molecular complexity index is 295. The van der Waals surface area contributed by atoms with Gasteiger partial charge in [-0.25, -0.2) is 4.98 Å². The van der Waals surface area contributed by atoms with E-state index in [-0.39, 0.29) is 0 Å². The topological polar surface area (TPSA) is 42.4 Å². The summed E-state index contributed by atoms with van der Waals surface area (Å²) in [6.45, 7) is 1.69. The zero-order chi connectivity index (χ0) is 9.68. The third-order valence-corrected chi connectivity index (χ3v) is 1.50. The van der Waals surface area contributed by atoms with Crippen LogP contribution in [0.4, 0.5) is 0 Å². The SMILES string of the molecule is COc1cccc(/C=C/C(C)O)n1. The number of aliphatic hydroxyl groups is 1. The Hall–Kier alpha value is -1.35. The van der Waals surface area contributed by atoms with Gasteiger partial charge < -0.3 is 9.84 Å². The summed E-state index contributed by atoms with van der Waals surface area (Å²) in [6.07, 6.45) is 2.97. The van der Waals surface area contributed by atoms with Crippen LogP contribution in [0, 0.1) is 0 Å². The van der Waals surface area contributed by atoms with Gasteiger partial charge in [-0.1, -0.05) is 12.1 Å². The van der Waals surface area contributed by atoms with Crippen molar-refractivity contribution in [2.45, 2.75) is 13.0 Å². The van der Waals surface area contributed by atoms with Crippen LogP contribution in [0.25, 0.3) is 6.08 Å². The lowest BCUT2D eigenvalue weighted by Crippen LogP contribution is -1.93. The van der Waals surface area contributed by atoms with Crippen molar-refractivity contribution in [2.24, 2.45) is 0 Å². The fourth-order valence-corrected chi connectivity index (χ4v) is 0.875. The average Bonchev–Trinajstić information content (AvgIpc) is 2.15. The maximum Gasteiger partial charge on any atom is 0.213 e. The molecule has 70 valence electrons. The highest BCUT2D eigenvalue weighted by Gasteiger charge is 1.93. The van der Waals surface area contributed by atoms with Gasteiger partial charge in [0.1, 0.15) is 0 Å². The predicted molar refractivity (Wildman–Crippen MR) is 51.5 cm³/mol. The van der Waals surface area contributed by atoms with Crippen molar-refractivity contribution >= 4 is 6.08 Å². The molecule has 0 fully saturated rings. The lowest BCUT2D eigenvalue weighted by Gasteiger charge is -1.99. The molecule has 1 heterocycles. The van der Waals surface area contributed by atoms with Crippen LogP contribution in [-0.2, 0) is 0 Å². The van der Waals surface area contributed by atoms with Crippen LogP contribution >= 0.6 is 0 Å². The summed E-state index contributed by atoms with van der Waals surface area (Å²) in [7, 11) is 1.57. The van der Waals surface area contributed by atoms with Gasteiger partial charge in [0.25, 0.3) is 0 Å². The lowest BCUT2D eigenvalue weighted by molar-refractivity contribution is 0.245. The summed E-state index contributed by atoms with van der Waals surface area (Å²) < 4.78 is 4.95. The lowest BCUT2D eigenvalue weighted by atomic mass is 10.3. The van der Waals surface area contributed by atoms with Crippen LogP contribution in [0.2, 0.25) is 0 Å². The molecule has 1 unspecified atom stereocenters. The maximum absolute atomic E-state index is 8.99. The van der Waals surface area contributed by atoms with Crippen molar-refractivity contribution in [3.8, 4) is 5.88 Å². The highest BCUT2D eigenvalue weighted by atomic mass is 16.5. The van der Waals surface area contributed by atoms with Gasteiger partial charge in [0.05, 0.1) is 18.9 Å². The van der Waals surface area contributed by atoms with E-state index in [1.807, 2.05) is 12.1 Å². The molecule has 0 spiro atoms. The summed E-state index contributed by atoms with van der Waals surface area (Å²) in [5, 5.41) is 8.99. The summed E-state index contributed by atoms with van der Waals surface area (Å²) in [5.41, 5.74) is 0.778. The average molecular weight is 179 g/mol. The Labute approximate surface area is 77.7 Å². The molecular weight excluding hydrogens is 166 g/mol. The van der Waals surface area contributed by atoms with E-state index < -0.39 is 6.10 Å². The number of aromatic nitrogens is 1. The molecule has 0 aliphatic rings. The minimum absolute atomic E-state index is 0.451. The van der Waals surface area contributed by atoms with Gasteiger partial charge in [-0.05, 0) is 19.1 Å². The second-order valence-electron chi connectivity index (χ2n) is 2.70. The van der Waals surface area contributed by atoms with Crippen molar-refractivity contribution in [3.63, 3.8) is 0 Å². The molecule has 13 heavy (non-hydrogen) atoms. The third kappa shape index (κ3) is 3.25. The molecule has 1 rings (SSSR count). The molecule has 1 aromatic heterocycles. The molecule has 0 radical (unpaired) electrons. The van der Waals surface area contributed by atoms with E-state index in [0.29, 0.717) is 5.88 Å². The number of methoxy groups -OCH3 is 1. The first-order chi connectivity index (χ1) is 6.22. The quantitative estimate of drug-likeness (QED) is 0.764. The van der Waals surface area contributed by atoms with Crippen LogP contribution in [0.1, 0.15) is 12.6 Å². The van der Waals surface area contributed by atoms with Gasteiger partial charge in [-0.2, -0.15) is 0 Å². The molecule has 1 atom stereocenters. The first-order valence-electron chi connectivity index (χ1n) is 4.09. The Morgan fingerprint density at radius 1 is 1.54 bits per heavy atom. The number of aliphatic hydroxyl groups excluding tert-OH is 1. The number of hydrogen-bond donors (Lipinski definition) is 1. The summed E-state index contributed by atoms with van der Waals surface area (Å²) in [4.78, 5) is 4.14. The number of nitrogens with zero attached hydrogens (tertiary/aromatic N) is 1. The van der Waals surface area contributed by atoms with Crippen LogP contribution in [0.15, 0.2) is 24.3 Å². The first-order valence-corrected chi connectivity index (χ1v) is 4.09. The number of ether oxygens (including phenoxy) is 1. The Kier molecular flexibility index (Phi) is 3.46. The molecule has 1 aromatic rings. The van der Waals surface area contributed by atoms with Gasteiger partial charge >= 0.3 is 0 Å². The second kappa shape index (κ2) is 4.62. The highest BCUT2D eigenvalue weighted by Crippen LogP contribution is 2.07. The van der Waals surface area contributed by atoms with Gasteiger partial charge in [0.15, 0.2) is 0 Å². The maximum atomic E-state index is 8.99. The van der Waals surface area contributed by atoms with Crippen LogP contribution in [-0.4, -0.2) is 23.3 Å². The molecule has 0 aliphatic heterocycles. The highest BCUT2D eigenvalue weighted by molar-refractivity contribution is 5.45. The van der Waals surface area contributed by atoms with E-state index in [1.54, 1.807) is 32.3 Å². The van der Waals surface area contributed by atoms with Crippen molar-refractivity contribution in [1.82, 2.24) is 4.98 Å². The number of rotatable bonds is 3. The molecule has 0 saturated heterocycles. The van der Waals surface area contributed by atoms with Crippen LogP contribution in [0.5, 0.6) is 5.88 Å². The van der Waals surface area contributed by atoms with Crippen molar-refractivity contribution < 1.29 is 9.84 Å². The fourth-order valence-electron chi connectivity index (χ4n) is 0.875. The normalized spacial score (nSPS) is 13.2. The summed E-state index contributed by atoms with van der Waals surface area (Å²) in [5.74, 6) is 0.577. The van der Waals surface area contributed by atoms with E-state index in [4.69, 9.17) is 9.84 Å². The van der Waals surface area contributed by atoms with Crippen molar-refractivity contribution in [2.75, 3.05) is 7.11 Å².